The van der Waals surface area contributed by atoms with Crippen LogP contribution in [0.15, 0.2) is 24.3 Å². The first-order valence-electron chi connectivity index (χ1n) is 7.05. The van der Waals surface area contributed by atoms with Crippen LogP contribution < -0.4 is 4.74 Å². The zero-order chi connectivity index (χ0) is 17.2. The predicted octanol–water partition coefficient (Wildman–Crippen LogP) is 5.01. The molecule has 0 saturated carbocycles. The molecule has 0 unspecified atom stereocenters. The average Bonchev–Trinajstić information content (AvgIpc) is 2.86. The molecule has 23 heavy (non-hydrogen) atoms. The highest BCUT2D eigenvalue weighted by atomic mass is 35.5. The van der Waals surface area contributed by atoms with Crippen molar-refractivity contribution >= 4 is 40.8 Å². The monoisotopic (exact) mass is 374 g/mol. The van der Waals surface area contributed by atoms with E-state index in [1.807, 2.05) is 20.8 Å². The zero-order valence-electron chi connectivity index (χ0n) is 13.1. The van der Waals surface area contributed by atoms with Crippen LogP contribution in [0.5, 0.6) is 5.88 Å². The summed E-state index contributed by atoms with van der Waals surface area (Å²) in [6.07, 6.45) is 0.124. The number of halogens is 3. The molecule has 1 aromatic heterocycles. The largest absolute Gasteiger partial charge is 0.407 e. The van der Waals surface area contributed by atoms with Crippen molar-refractivity contribution in [2.24, 2.45) is 0 Å². The van der Waals surface area contributed by atoms with Crippen molar-refractivity contribution in [3.8, 4) is 11.6 Å². The lowest BCUT2D eigenvalue weighted by atomic mass is 9.93. The summed E-state index contributed by atoms with van der Waals surface area (Å²) < 4.78 is 6.92. The van der Waals surface area contributed by atoms with Gasteiger partial charge in [0.25, 0.3) is 0 Å². The number of ether oxygens (including phenoxy) is 1. The molecule has 1 heterocycles. The van der Waals surface area contributed by atoms with E-state index in [1.54, 1.807) is 24.3 Å². The van der Waals surface area contributed by atoms with Gasteiger partial charge in [0.15, 0.2) is 0 Å². The van der Waals surface area contributed by atoms with Crippen molar-refractivity contribution < 1.29 is 9.53 Å². The minimum absolute atomic E-state index is 0.124. The Labute approximate surface area is 150 Å². The topological polar surface area (TPSA) is 44.1 Å². The Bertz CT molecular complexity index is 721. The number of carbonyl (C=O) groups is 1. The molecule has 4 nitrogen and oxygen atoms in total. The lowest BCUT2D eigenvalue weighted by molar-refractivity contribution is -0.134. The fourth-order valence-corrected chi connectivity index (χ4v) is 2.30. The van der Waals surface area contributed by atoms with Gasteiger partial charge in [-0.2, -0.15) is 5.10 Å². The van der Waals surface area contributed by atoms with Crippen molar-refractivity contribution in [3.05, 3.63) is 40.0 Å². The summed E-state index contributed by atoms with van der Waals surface area (Å²) in [4.78, 5) is 11.8. The van der Waals surface area contributed by atoms with Crippen LogP contribution in [0.3, 0.4) is 0 Å². The van der Waals surface area contributed by atoms with Crippen LogP contribution in [0.4, 0.5) is 0 Å². The number of hydrogen-bond acceptors (Lipinski definition) is 3. The first kappa shape index (κ1) is 18.1. The van der Waals surface area contributed by atoms with E-state index < -0.39 is 5.97 Å². The van der Waals surface area contributed by atoms with Gasteiger partial charge in [-0.1, -0.05) is 44.0 Å². The molecule has 0 N–H and O–H groups in total. The number of hydrogen-bond donors (Lipinski definition) is 0. The molecular weight excluding hydrogens is 359 g/mol. The fraction of sp³-hybridized carbons (Fsp3) is 0.375. The third-order valence-electron chi connectivity index (χ3n) is 3.11. The van der Waals surface area contributed by atoms with Gasteiger partial charge in [-0.25, -0.2) is 4.68 Å². The van der Waals surface area contributed by atoms with Gasteiger partial charge in [0.05, 0.1) is 27.8 Å². The highest BCUT2D eigenvalue weighted by Crippen LogP contribution is 2.30. The van der Waals surface area contributed by atoms with Gasteiger partial charge < -0.3 is 4.74 Å². The second-order valence-electron chi connectivity index (χ2n) is 6.04. The molecule has 124 valence electrons. The molecule has 0 radical (unpaired) electrons. The van der Waals surface area contributed by atoms with Gasteiger partial charge in [-0.3, -0.25) is 4.79 Å². The quantitative estimate of drug-likeness (QED) is 0.557. The molecule has 2 aromatic rings. The van der Waals surface area contributed by atoms with Crippen LogP contribution >= 0.6 is 34.8 Å². The molecule has 0 amide bonds. The van der Waals surface area contributed by atoms with E-state index in [4.69, 9.17) is 39.5 Å². The molecule has 0 bridgehead atoms. The lowest BCUT2D eigenvalue weighted by Crippen LogP contribution is -2.13. The number of rotatable bonds is 4. The van der Waals surface area contributed by atoms with Crippen LogP contribution in [-0.4, -0.2) is 21.6 Å². The van der Waals surface area contributed by atoms with E-state index in [2.05, 4.69) is 5.10 Å². The molecular formula is C16H17Cl3N2O2. The number of esters is 1. The van der Waals surface area contributed by atoms with Crippen molar-refractivity contribution in [2.45, 2.75) is 32.6 Å². The van der Waals surface area contributed by atoms with Crippen LogP contribution in [0.1, 0.15) is 32.9 Å². The summed E-state index contributed by atoms with van der Waals surface area (Å²) in [5, 5.41) is 5.38. The lowest BCUT2D eigenvalue weighted by Gasteiger charge is -2.14. The summed E-state index contributed by atoms with van der Waals surface area (Å²) in [6.45, 7) is 6.08. The average molecular weight is 376 g/mol. The van der Waals surface area contributed by atoms with Crippen LogP contribution in [-0.2, 0) is 10.2 Å². The van der Waals surface area contributed by atoms with E-state index in [0.717, 1.165) is 5.69 Å². The van der Waals surface area contributed by atoms with Crippen molar-refractivity contribution in [1.82, 2.24) is 9.78 Å². The molecule has 1 aromatic carbocycles. The summed E-state index contributed by atoms with van der Waals surface area (Å²) in [5.74, 6) is 0.108. The smallest absolute Gasteiger partial charge is 0.313 e. The van der Waals surface area contributed by atoms with Crippen molar-refractivity contribution in [2.75, 3.05) is 5.88 Å². The molecule has 7 heteroatoms. The van der Waals surface area contributed by atoms with Gasteiger partial charge in [-0.05, 0) is 18.2 Å². The molecule has 0 fully saturated rings. The molecule has 0 spiro atoms. The van der Waals surface area contributed by atoms with Gasteiger partial charge in [-0.15, -0.1) is 11.6 Å². The predicted molar refractivity (Wildman–Crippen MR) is 93.3 cm³/mol. The Hall–Kier alpha value is -1.23. The molecule has 0 saturated heterocycles. The van der Waals surface area contributed by atoms with E-state index in [-0.39, 0.29) is 17.7 Å². The first-order valence-corrected chi connectivity index (χ1v) is 8.34. The summed E-state index contributed by atoms with van der Waals surface area (Å²) >= 11 is 17.6. The third kappa shape index (κ3) is 4.40. The Kier molecular flexibility index (Phi) is 5.61. The normalized spacial score (nSPS) is 11.6. The number of nitrogens with zero attached hydrogens (tertiary/aromatic N) is 2. The highest BCUT2D eigenvalue weighted by Gasteiger charge is 2.22. The van der Waals surface area contributed by atoms with E-state index >= 15 is 0 Å². The summed E-state index contributed by atoms with van der Waals surface area (Å²) in [6, 6.07) is 6.84. The second kappa shape index (κ2) is 7.12. The second-order valence-corrected chi connectivity index (χ2v) is 7.23. The SMILES string of the molecule is CC(C)(C)c1cc(OC(=O)CCCl)n(-c2ccc(Cl)c(Cl)c2)n1. The standard InChI is InChI=1S/C16H17Cl3N2O2/c1-16(2,3)13-9-14(23-15(22)6-7-17)21(20-13)10-4-5-11(18)12(19)8-10/h4-5,8-9H,6-7H2,1-3H3. The Balaban J connectivity index is 2.48. The minimum atomic E-state index is -0.415. The van der Waals surface area contributed by atoms with Gasteiger partial charge >= 0.3 is 5.97 Å². The fourth-order valence-electron chi connectivity index (χ4n) is 1.85. The van der Waals surface area contributed by atoms with Crippen LogP contribution in [0.25, 0.3) is 5.69 Å². The maximum atomic E-state index is 11.8. The third-order valence-corrected chi connectivity index (χ3v) is 4.04. The first-order chi connectivity index (χ1) is 10.7. The zero-order valence-corrected chi connectivity index (χ0v) is 15.3. The Morgan fingerprint density at radius 1 is 1.22 bits per heavy atom. The van der Waals surface area contributed by atoms with Crippen molar-refractivity contribution in [3.63, 3.8) is 0 Å². The maximum absolute atomic E-state index is 11.8. The molecule has 0 atom stereocenters. The number of carbonyl (C=O) groups excluding carboxylic acids is 1. The van der Waals surface area contributed by atoms with E-state index in [9.17, 15) is 4.79 Å². The highest BCUT2D eigenvalue weighted by molar-refractivity contribution is 6.42. The number of benzene rings is 1. The van der Waals surface area contributed by atoms with Gasteiger partial charge in [0.2, 0.25) is 5.88 Å². The molecule has 2 rings (SSSR count). The van der Waals surface area contributed by atoms with E-state index in [1.165, 1.54) is 4.68 Å². The maximum Gasteiger partial charge on any atom is 0.313 e. The molecule has 0 aliphatic carbocycles. The Morgan fingerprint density at radius 3 is 2.48 bits per heavy atom. The van der Waals surface area contributed by atoms with E-state index in [0.29, 0.717) is 21.6 Å². The number of aromatic nitrogens is 2. The van der Waals surface area contributed by atoms with Crippen LogP contribution in [0, 0.1) is 0 Å². The summed E-state index contributed by atoms with van der Waals surface area (Å²) in [5.41, 5.74) is 1.25. The van der Waals surface area contributed by atoms with Gasteiger partial charge in [0.1, 0.15) is 0 Å². The summed E-state index contributed by atoms with van der Waals surface area (Å²) in [7, 11) is 0. The Morgan fingerprint density at radius 2 is 1.91 bits per heavy atom. The number of alkyl halides is 1. The van der Waals surface area contributed by atoms with Crippen molar-refractivity contribution in [1.29, 1.82) is 0 Å². The minimum Gasteiger partial charge on any atom is -0.407 e. The van der Waals surface area contributed by atoms with Gasteiger partial charge in [0, 0.05) is 17.4 Å². The molecule has 0 aliphatic rings. The molecule has 0 aliphatic heterocycles. The van der Waals surface area contributed by atoms with Crippen LogP contribution in [0.2, 0.25) is 10.0 Å².